The summed E-state index contributed by atoms with van der Waals surface area (Å²) in [6.07, 6.45) is 1.94. The van der Waals surface area contributed by atoms with E-state index in [0.29, 0.717) is 23.9 Å². The maximum atomic E-state index is 12.2. The minimum absolute atomic E-state index is 0.0458. The summed E-state index contributed by atoms with van der Waals surface area (Å²) in [4.78, 5) is 12.2. The summed E-state index contributed by atoms with van der Waals surface area (Å²) in [5.41, 5.74) is 1.79. The Kier molecular flexibility index (Phi) is 6.68. The number of hydrogen-bond acceptors (Lipinski definition) is 6. The van der Waals surface area contributed by atoms with E-state index < -0.39 is 0 Å². The van der Waals surface area contributed by atoms with Gasteiger partial charge in [0.25, 0.3) is 0 Å². The maximum Gasteiger partial charge on any atom is 0.221 e. The standard InChI is InChI=1S/C23H22N4O3S/c1-29-20-12-6-5-11-19(20)27-22(17-8-3-2-4-9-17)25-26-23(27)31-15-13-21(28)24-16-18-10-7-14-30-18/h2-12,14H,13,15-16H2,1H3,(H,24,28). The van der Waals surface area contributed by atoms with Crippen molar-refractivity contribution in [2.45, 2.75) is 18.1 Å². The molecule has 0 aliphatic carbocycles. The third-order valence-corrected chi connectivity index (χ3v) is 5.52. The molecule has 0 saturated heterocycles. The summed E-state index contributed by atoms with van der Waals surface area (Å²) < 4.78 is 12.8. The van der Waals surface area contributed by atoms with Crippen LogP contribution in [-0.2, 0) is 11.3 Å². The summed E-state index contributed by atoms with van der Waals surface area (Å²) in [6.45, 7) is 0.381. The average molecular weight is 435 g/mol. The van der Waals surface area contributed by atoms with Crippen LogP contribution in [0.15, 0.2) is 82.6 Å². The van der Waals surface area contributed by atoms with Crippen molar-refractivity contribution >= 4 is 17.7 Å². The van der Waals surface area contributed by atoms with E-state index in [1.807, 2.05) is 65.2 Å². The third kappa shape index (κ3) is 4.97. The highest BCUT2D eigenvalue weighted by Gasteiger charge is 2.19. The molecule has 0 fully saturated rings. The summed E-state index contributed by atoms with van der Waals surface area (Å²) in [7, 11) is 1.64. The van der Waals surface area contributed by atoms with Crippen molar-refractivity contribution in [3.05, 3.63) is 78.8 Å². The molecule has 0 aliphatic rings. The lowest BCUT2D eigenvalue weighted by molar-refractivity contribution is -0.120. The number of methoxy groups -OCH3 is 1. The summed E-state index contributed by atoms with van der Waals surface area (Å²) in [6, 6.07) is 21.2. The van der Waals surface area contributed by atoms with Crippen molar-refractivity contribution in [1.29, 1.82) is 0 Å². The fourth-order valence-corrected chi connectivity index (χ4v) is 3.97. The lowest BCUT2D eigenvalue weighted by Crippen LogP contribution is -2.22. The van der Waals surface area contributed by atoms with Gasteiger partial charge in [-0.3, -0.25) is 9.36 Å². The highest BCUT2D eigenvalue weighted by Crippen LogP contribution is 2.32. The van der Waals surface area contributed by atoms with E-state index >= 15 is 0 Å². The van der Waals surface area contributed by atoms with Gasteiger partial charge in [-0.05, 0) is 24.3 Å². The Bertz CT molecular complexity index is 1130. The number of carbonyl (C=O) groups is 1. The van der Waals surface area contributed by atoms with Gasteiger partial charge in [0.15, 0.2) is 11.0 Å². The Morgan fingerprint density at radius 3 is 2.65 bits per heavy atom. The molecule has 1 N–H and O–H groups in total. The van der Waals surface area contributed by atoms with Crippen molar-refractivity contribution in [3.8, 4) is 22.8 Å². The number of thioether (sulfide) groups is 1. The van der Waals surface area contributed by atoms with Gasteiger partial charge >= 0.3 is 0 Å². The Morgan fingerprint density at radius 2 is 1.87 bits per heavy atom. The predicted molar refractivity (Wildman–Crippen MR) is 119 cm³/mol. The largest absolute Gasteiger partial charge is 0.495 e. The van der Waals surface area contributed by atoms with Crippen LogP contribution in [0.25, 0.3) is 17.1 Å². The number of para-hydroxylation sites is 2. The molecule has 158 valence electrons. The maximum absolute atomic E-state index is 12.2. The molecular weight excluding hydrogens is 412 g/mol. The number of nitrogens with one attached hydrogen (secondary N) is 1. The van der Waals surface area contributed by atoms with Crippen LogP contribution >= 0.6 is 11.8 Å². The topological polar surface area (TPSA) is 82.2 Å². The van der Waals surface area contributed by atoms with Crippen molar-refractivity contribution in [3.63, 3.8) is 0 Å². The zero-order valence-corrected chi connectivity index (χ0v) is 17.8. The first-order valence-corrected chi connectivity index (χ1v) is 10.8. The Balaban J connectivity index is 1.52. The lowest BCUT2D eigenvalue weighted by atomic mass is 10.2. The molecule has 2 aromatic heterocycles. The van der Waals surface area contributed by atoms with Crippen LogP contribution in [0.5, 0.6) is 5.75 Å². The van der Waals surface area contributed by atoms with E-state index in [4.69, 9.17) is 9.15 Å². The molecule has 0 bridgehead atoms. The van der Waals surface area contributed by atoms with Gasteiger partial charge in [0.05, 0.1) is 25.6 Å². The fraction of sp³-hybridized carbons (Fsp3) is 0.174. The van der Waals surface area contributed by atoms with Gasteiger partial charge in [-0.1, -0.05) is 54.2 Å². The van der Waals surface area contributed by atoms with Gasteiger partial charge in [0, 0.05) is 17.7 Å². The van der Waals surface area contributed by atoms with Gasteiger partial charge in [-0.25, -0.2) is 0 Å². The molecule has 4 rings (SSSR count). The number of hydrogen-bond donors (Lipinski definition) is 1. The minimum Gasteiger partial charge on any atom is -0.495 e. The molecule has 2 heterocycles. The van der Waals surface area contributed by atoms with Crippen LogP contribution in [0.3, 0.4) is 0 Å². The average Bonchev–Trinajstić information content (AvgIpc) is 3.48. The summed E-state index contributed by atoms with van der Waals surface area (Å²) in [5.74, 6) is 2.68. The smallest absolute Gasteiger partial charge is 0.221 e. The first kappa shape index (κ1) is 20.7. The molecule has 4 aromatic rings. The molecule has 0 atom stereocenters. The van der Waals surface area contributed by atoms with Gasteiger partial charge in [0.2, 0.25) is 5.91 Å². The van der Waals surface area contributed by atoms with Crippen LogP contribution in [0.1, 0.15) is 12.2 Å². The number of benzene rings is 2. The molecular formula is C23H22N4O3S. The highest BCUT2D eigenvalue weighted by molar-refractivity contribution is 7.99. The number of rotatable bonds is 9. The van der Waals surface area contributed by atoms with Crippen LogP contribution in [0.4, 0.5) is 0 Å². The number of ether oxygens (including phenoxy) is 1. The Hall–Kier alpha value is -3.52. The van der Waals surface area contributed by atoms with Gasteiger partial charge in [-0.2, -0.15) is 0 Å². The van der Waals surface area contributed by atoms with E-state index in [2.05, 4.69) is 15.5 Å². The molecule has 2 aromatic carbocycles. The van der Waals surface area contributed by atoms with Crippen molar-refractivity contribution in [2.75, 3.05) is 12.9 Å². The van der Waals surface area contributed by atoms with E-state index in [0.717, 1.165) is 28.6 Å². The van der Waals surface area contributed by atoms with Crippen LogP contribution in [0, 0.1) is 0 Å². The fourth-order valence-electron chi connectivity index (χ4n) is 3.09. The van der Waals surface area contributed by atoms with E-state index in [1.54, 1.807) is 19.4 Å². The lowest BCUT2D eigenvalue weighted by Gasteiger charge is -2.13. The third-order valence-electron chi connectivity index (χ3n) is 4.59. The number of carbonyl (C=O) groups excluding carboxylic acids is 1. The zero-order valence-electron chi connectivity index (χ0n) is 17.0. The molecule has 0 radical (unpaired) electrons. The number of aromatic nitrogens is 3. The van der Waals surface area contributed by atoms with E-state index in [-0.39, 0.29) is 5.91 Å². The second-order valence-corrected chi connectivity index (χ2v) is 7.70. The van der Waals surface area contributed by atoms with Crippen molar-refractivity contribution < 1.29 is 13.9 Å². The number of amides is 1. The first-order valence-electron chi connectivity index (χ1n) is 9.82. The van der Waals surface area contributed by atoms with Crippen molar-refractivity contribution in [2.24, 2.45) is 0 Å². The number of furan rings is 1. The second kappa shape index (κ2) is 9.99. The summed E-state index contributed by atoms with van der Waals surface area (Å²) in [5, 5.41) is 12.4. The molecule has 8 heteroatoms. The normalized spacial score (nSPS) is 10.7. The second-order valence-electron chi connectivity index (χ2n) is 6.63. The minimum atomic E-state index is -0.0458. The summed E-state index contributed by atoms with van der Waals surface area (Å²) >= 11 is 1.48. The van der Waals surface area contributed by atoms with Crippen LogP contribution < -0.4 is 10.1 Å². The monoisotopic (exact) mass is 434 g/mol. The Morgan fingerprint density at radius 1 is 1.06 bits per heavy atom. The Labute approximate surface area is 184 Å². The van der Waals surface area contributed by atoms with Gasteiger partial charge < -0.3 is 14.5 Å². The predicted octanol–water partition coefficient (Wildman–Crippen LogP) is 4.33. The van der Waals surface area contributed by atoms with Gasteiger partial charge in [-0.15, -0.1) is 10.2 Å². The van der Waals surface area contributed by atoms with E-state index in [9.17, 15) is 4.79 Å². The highest BCUT2D eigenvalue weighted by atomic mass is 32.2. The van der Waals surface area contributed by atoms with Crippen LogP contribution in [-0.4, -0.2) is 33.5 Å². The first-order chi connectivity index (χ1) is 15.3. The molecule has 7 nitrogen and oxygen atoms in total. The molecule has 1 amide bonds. The van der Waals surface area contributed by atoms with Gasteiger partial charge in [0.1, 0.15) is 11.5 Å². The molecule has 0 unspecified atom stereocenters. The molecule has 0 spiro atoms. The molecule has 31 heavy (non-hydrogen) atoms. The SMILES string of the molecule is COc1ccccc1-n1c(SCCC(=O)NCc2ccco2)nnc1-c1ccccc1. The van der Waals surface area contributed by atoms with E-state index in [1.165, 1.54) is 11.8 Å². The quantitative estimate of drug-likeness (QED) is 0.395. The molecule has 0 aliphatic heterocycles. The molecule has 0 saturated carbocycles. The van der Waals surface area contributed by atoms with Crippen LogP contribution in [0.2, 0.25) is 0 Å². The van der Waals surface area contributed by atoms with Crippen molar-refractivity contribution in [1.82, 2.24) is 20.1 Å². The zero-order chi connectivity index (χ0) is 21.5. The number of nitrogens with zero attached hydrogens (tertiary/aromatic N) is 3.